The van der Waals surface area contributed by atoms with E-state index in [-0.39, 0.29) is 22.2 Å². The van der Waals surface area contributed by atoms with E-state index in [1.54, 1.807) is 26.2 Å². The van der Waals surface area contributed by atoms with E-state index < -0.39 is 11.8 Å². The Morgan fingerprint density at radius 1 is 1.30 bits per heavy atom. The maximum atomic E-state index is 14.2. The fourth-order valence-corrected chi connectivity index (χ4v) is 1.96. The number of esters is 1. The topological polar surface area (TPSA) is 42.4 Å². The van der Waals surface area contributed by atoms with Crippen LogP contribution >= 0.6 is 11.6 Å². The van der Waals surface area contributed by atoms with Crippen LogP contribution in [0, 0.1) is 5.82 Å². The third kappa shape index (κ3) is 2.88. The smallest absolute Gasteiger partial charge is 0.362 e. The van der Waals surface area contributed by atoms with Gasteiger partial charge in [-0.25, -0.2) is 14.2 Å². The molecule has 1 aromatic carbocycles. The number of nitrogens with zero attached hydrogens (tertiary/aromatic N) is 2. The van der Waals surface area contributed by atoms with Crippen LogP contribution in [0.1, 0.15) is 10.5 Å². The summed E-state index contributed by atoms with van der Waals surface area (Å²) in [5, 5.41) is 0.241. The number of aromatic nitrogens is 1. The van der Waals surface area contributed by atoms with Crippen LogP contribution in [0.15, 0.2) is 36.5 Å². The molecule has 0 bridgehead atoms. The van der Waals surface area contributed by atoms with Gasteiger partial charge in [-0.05, 0) is 24.3 Å². The van der Waals surface area contributed by atoms with E-state index >= 15 is 0 Å². The lowest BCUT2D eigenvalue weighted by molar-refractivity contribution is 0.0722. The van der Waals surface area contributed by atoms with E-state index in [0.29, 0.717) is 0 Å². The second kappa shape index (κ2) is 5.88. The van der Waals surface area contributed by atoms with Crippen molar-refractivity contribution in [3.05, 3.63) is 53.1 Å². The van der Waals surface area contributed by atoms with Crippen molar-refractivity contribution in [2.45, 2.75) is 0 Å². The second-order valence-corrected chi connectivity index (χ2v) is 4.61. The molecule has 20 heavy (non-hydrogen) atoms. The minimum Gasteiger partial charge on any atom is -0.419 e. The first-order valence-electron chi connectivity index (χ1n) is 5.79. The highest BCUT2D eigenvalue weighted by molar-refractivity contribution is 6.33. The average Bonchev–Trinajstić information content (AvgIpc) is 2.42. The molecule has 2 rings (SSSR count). The first-order valence-corrected chi connectivity index (χ1v) is 6.17. The molecule has 0 amide bonds. The summed E-state index contributed by atoms with van der Waals surface area (Å²) in [5.41, 5.74) is 0.270. The van der Waals surface area contributed by atoms with Crippen LogP contribution in [0.3, 0.4) is 0 Å². The van der Waals surface area contributed by atoms with Crippen molar-refractivity contribution < 1.29 is 13.9 Å². The summed E-state index contributed by atoms with van der Waals surface area (Å²) in [7, 11) is 3.29. The lowest BCUT2D eigenvalue weighted by Crippen LogP contribution is -2.15. The van der Waals surface area contributed by atoms with Gasteiger partial charge in [0, 0.05) is 20.3 Å². The zero-order valence-electron chi connectivity index (χ0n) is 10.9. The summed E-state index contributed by atoms with van der Waals surface area (Å²) < 4.78 is 19.3. The fraction of sp³-hybridized carbons (Fsp3) is 0.143. The highest BCUT2D eigenvalue weighted by Gasteiger charge is 2.18. The van der Waals surface area contributed by atoms with Crippen LogP contribution in [-0.2, 0) is 0 Å². The van der Waals surface area contributed by atoms with Gasteiger partial charge >= 0.3 is 5.97 Å². The number of pyridine rings is 1. The molecule has 104 valence electrons. The van der Waals surface area contributed by atoms with Crippen molar-refractivity contribution in [3.63, 3.8) is 0 Å². The Morgan fingerprint density at radius 3 is 2.65 bits per heavy atom. The van der Waals surface area contributed by atoms with Crippen molar-refractivity contribution in [3.8, 4) is 5.75 Å². The first kappa shape index (κ1) is 14.3. The van der Waals surface area contributed by atoms with Crippen LogP contribution in [0.5, 0.6) is 5.75 Å². The minimum absolute atomic E-state index is 0.105. The quantitative estimate of drug-likeness (QED) is 0.644. The molecule has 0 saturated carbocycles. The molecule has 1 aromatic heterocycles. The number of hydrogen-bond donors (Lipinski definition) is 0. The molecule has 6 heteroatoms. The minimum atomic E-state index is -0.725. The molecule has 0 unspecified atom stereocenters. The van der Waals surface area contributed by atoms with Crippen molar-refractivity contribution in [2.75, 3.05) is 19.0 Å². The monoisotopic (exact) mass is 294 g/mol. The standard InChI is InChI=1S/C14H12ClFN2O2/c1-18(2)13-9(15)6-7-11(12(13)16)20-14(19)10-5-3-4-8-17-10/h3-8H,1-2H3. The number of ether oxygens (including phenoxy) is 1. The molecule has 2 aromatic rings. The molecule has 0 spiro atoms. The van der Waals surface area contributed by atoms with Crippen LogP contribution < -0.4 is 9.64 Å². The van der Waals surface area contributed by atoms with E-state index in [0.717, 1.165) is 0 Å². The highest BCUT2D eigenvalue weighted by Crippen LogP contribution is 2.33. The van der Waals surface area contributed by atoms with Gasteiger partial charge in [-0.2, -0.15) is 0 Å². The van der Waals surface area contributed by atoms with Crippen molar-refractivity contribution in [2.24, 2.45) is 0 Å². The van der Waals surface area contributed by atoms with Gasteiger partial charge < -0.3 is 9.64 Å². The zero-order valence-corrected chi connectivity index (χ0v) is 11.7. The summed E-state index contributed by atoms with van der Waals surface area (Å²) >= 11 is 5.92. The Labute approximate surface area is 120 Å². The van der Waals surface area contributed by atoms with Gasteiger partial charge in [-0.3, -0.25) is 0 Å². The Morgan fingerprint density at radius 2 is 2.05 bits per heavy atom. The molecule has 0 aliphatic rings. The normalized spacial score (nSPS) is 10.2. The molecule has 0 radical (unpaired) electrons. The summed E-state index contributed by atoms with van der Waals surface area (Å²) in [4.78, 5) is 17.2. The molecule has 0 saturated heterocycles. The highest BCUT2D eigenvalue weighted by atomic mass is 35.5. The number of halogens is 2. The number of carbonyl (C=O) groups excluding carboxylic acids is 1. The Balaban J connectivity index is 2.31. The van der Waals surface area contributed by atoms with E-state index in [2.05, 4.69) is 4.98 Å². The molecule has 4 nitrogen and oxygen atoms in total. The molecule has 0 N–H and O–H groups in total. The van der Waals surface area contributed by atoms with E-state index in [9.17, 15) is 9.18 Å². The number of anilines is 1. The van der Waals surface area contributed by atoms with Crippen LogP contribution in [0.2, 0.25) is 5.02 Å². The van der Waals surface area contributed by atoms with Crippen molar-refractivity contribution in [1.29, 1.82) is 0 Å². The molecule has 0 atom stereocenters. The largest absolute Gasteiger partial charge is 0.419 e. The number of rotatable bonds is 3. The fourth-order valence-electron chi connectivity index (χ4n) is 1.65. The zero-order chi connectivity index (χ0) is 14.7. The predicted octanol–water partition coefficient (Wildman–Crippen LogP) is 3.16. The summed E-state index contributed by atoms with van der Waals surface area (Å²) in [5.74, 6) is -1.60. The second-order valence-electron chi connectivity index (χ2n) is 4.21. The Bertz CT molecular complexity index is 633. The summed E-state index contributed by atoms with van der Waals surface area (Å²) in [6, 6.07) is 7.59. The van der Waals surface area contributed by atoms with E-state index in [4.69, 9.17) is 16.3 Å². The van der Waals surface area contributed by atoms with Crippen molar-refractivity contribution >= 4 is 23.3 Å². The van der Waals surface area contributed by atoms with Crippen molar-refractivity contribution in [1.82, 2.24) is 4.98 Å². The van der Waals surface area contributed by atoms with Gasteiger partial charge in [0.25, 0.3) is 0 Å². The van der Waals surface area contributed by atoms with Gasteiger partial charge in [0.1, 0.15) is 5.69 Å². The molecular formula is C14H12ClFN2O2. The number of carbonyl (C=O) groups is 1. The SMILES string of the molecule is CN(C)c1c(Cl)ccc(OC(=O)c2ccccn2)c1F. The molecular weight excluding hydrogens is 283 g/mol. The molecule has 0 fully saturated rings. The maximum Gasteiger partial charge on any atom is 0.362 e. The van der Waals surface area contributed by atoms with Gasteiger partial charge in [0.15, 0.2) is 11.6 Å². The Hall–Kier alpha value is -2.14. The first-order chi connectivity index (χ1) is 9.50. The third-order valence-corrected chi connectivity index (χ3v) is 2.86. The van der Waals surface area contributed by atoms with Gasteiger partial charge in [0.05, 0.1) is 10.7 Å². The predicted molar refractivity (Wildman–Crippen MR) is 74.9 cm³/mol. The summed E-state index contributed by atoms with van der Waals surface area (Å²) in [6.07, 6.45) is 1.46. The van der Waals surface area contributed by atoms with Crippen LogP contribution in [-0.4, -0.2) is 25.0 Å². The van der Waals surface area contributed by atoms with Crippen LogP contribution in [0.4, 0.5) is 10.1 Å². The average molecular weight is 295 g/mol. The number of hydrogen-bond acceptors (Lipinski definition) is 4. The molecule has 0 aliphatic carbocycles. The van der Waals surface area contributed by atoms with Crippen LogP contribution in [0.25, 0.3) is 0 Å². The summed E-state index contributed by atoms with van der Waals surface area (Å²) in [6.45, 7) is 0. The lowest BCUT2D eigenvalue weighted by Gasteiger charge is -2.17. The maximum absolute atomic E-state index is 14.2. The molecule has 0 aliphatic heterocycles. The third-order valence-electron chi connectivity index (χ3n) is 2.56. The van der Waals surface area contributed by atoms with E-state index in [1.165, 1.54) is 29.3 Å². The van der Waals surface area contributed by atoms with Gasteiger partial charge in [-0.1, -0.05) is 17.7 Å². The number of benzene rings is 1. The lowest BCUT2D eigenvalue weighted by atomic mass is 10.2. The van der Waals surface area contributed by atoms with E-state index in [1.807, 2.05) is 0 Å². The Kier molecular flexibility index (Phi) is 4.20. The molecule has 1 heterocycles. The van der Waals surface area contributed by atoms with Gasteiger partial charge in [-0.15, -0.1) is 0 Å². The van der Waals surface area contributed by atoms with Gasteiger partial charge in [0.2, 0.25) is 0 Å².